The van der Waals surface area contributed by atoms with Crippen LogP contribution in [-0.4, -0.2) is 30.8 Å². The average Bonchev–Trinajstić information content (AvgIpc) is 3.19. The van der Waals surface area contributed by atoms with Gasteiger partial charge in [-0.1, -0.05) is 30.3 Å². The van der Waals surface area contributed by atoms with Crippen LogP contribution in [0.15, 0.2) is 53.2 Å². The lowest BCUT2D eigenvalue weighted by molar-refractivity contribution is -0.119. The van der Waals surface area contributed by atoms with E-state index >= 15 is 0 Å². The maximum atomic E-state index is 12.2. The average molecular weight is 357 g/mol. The molecule has 4 nitrogen and oxygen atoms in total. The maximum Gasteiger partial charge on any atom is 0.244 e. The summed E-state index contributed by atoms with van der Waals surface area (Å²) in [5.74, 6) is -0.141. The fourth-order valence-electron chi connectivity index (χ4n) is 3.21. The van der Waals surface area contributed by atoms with Crippen molar-refractivity contribution in [1.82, 2.24) is 5.32 Å². The molecule has 5 heteroatoms. The van der Waals surface area contributed by atoms with Crippen LogP contribution in [0, 0.1) is 5.92 Å². The third-order valence-corrected chi connectivity index (χ3v) is 5.37. The number of thiophene rings is 1. The van der Waals surface area contributed by atoms with Gasteiger partial charge in [0.15, 0.2) is 0 Å². The van der Waals surface area contributed by atoms with Crippen LogP contribution >= 0.6 is 11.3 Å². The molecule has 1 saturated heterocycles. The molecule has 0 aliphatic carbocycles. The molecule has 2 N–H and O–H groups in total. The standard InChI is InChI=1S/C20H23NO3S/c22-19(7-6-16-10-13-25-14-16)21-15-20(23,17-4-2-1-3-5-17)18-8-11-24-12-9-18/h1-7,10,13-14,18,23H,8-9,11-12,15H2,(H,21,22). The fourth-order valence-corrected chi connectivity index (χ4v) is 3.84. The number of amides is 1. The van der Waals surface area contributed by atoms with E-state index in [9.17, 15) is 9.90 Å². The minimum atomic E-state index is -1.09. The molecule has 1 unspecified atom stereocenters. The number of rotatable bonds is 6. The first-order valence-electron chi connectivity index (χ1n) is 8.52. The van der Waals surface area contributed by atoms with Gasteiger partial charge in [0.2, 0.25) is 5.91 Å². The van der Waals surface area contributed by atoms with E-state index in [2.05, 4.69) is 5.32 Å². The molecule has 3 rings (SSSR count). The lowest BCUT2D eigenvalue weighted by atomic mass is 9.77. The highest BCUT2D eigenvalue weighted by Crippen LogP contribution is 2.35. The molecule has 0 spiro atoms. The first-order chi connectivity index (χ1) is 12.2. The van der Waals surface area contributed by atoms with Crippen molar-refractivity contribution in [1.29, 1.82) is 0 Å². The van der Waals surface area contributed by atoms with E-state index in [4.69, 9.17) is 4.74 Å². The minimum Gasteiger partial charge on any atom is -0.383 e. The summed E-state index contributed by atoms with van der Waals surface area (Å²) in [6.45, 7) is 1.48. The highest BCUT2D eigenvalue weighted by atomic mass is 32.1. The molecule has 1 aliphatic heterocycles. The SMILES string of the molecule is O=C(C=Cc1ccsc1)NCC(O)(c1ccccc1)C1CCOCC1. The van der Waals surface area contributed by atoms with Gasteiger partial charge in [0.05, 0.1) is 6.54 Å². The molecule has 0 radical (unpaired) electrons. The smallest absolute Gasteiger partial charge is 0.244 e. The number of carbonyl (C=O) groups excluding carboxylic acids is 1. The third kappa shape index (κ3) is 4.57. The van der Waals surface area contributed by atoms with E-state index in [0.717, 1.165) is 24.0 Å². The lowest BCUT2D eigenvalue weighted by Crippen LogP contribution is -2.47. The quantitative estimate of drug-likeness (QED) is 0.781. The van der Waals surface area contributed by atoms with Gasteiger partial charge >= 0.3 is 0 Å². The Morgan fingerprint density at radius 1 is 1.28 bits per heavy atom. The van der Waals surface area contributed by atoms with Gasteiger partial charge in [-0.3, -0.25) is 4.79 Å². The summed E-state index contributed by atoms with van der Waals surface area (Å²) in [5, 5.41) is 18.2. The topological polar surface area (TPSA) is 58.6 Å². The Balaban J connectivity index is 1.70. The van der Waals surface area contributed by atoms with Crippen LogP contribution in [0.2, 0.25) is 0 Å². The van der Waals surface area contributed by atoms with E-state index in [1.54, 1.807) is 17.4 Å². The van der Waals surface area contributed by atoms with E-state index in [-0.39, 0.29) is 18.4 Å². The van der Waals surface area contributed by atoms with Gasteiger partial charge in [0.1, 0.15) is 5.60 Å². The monoisotopic (exact) mass is 357 g/mol. The fraction of sp³-hybridized carbons (Fsp3) is 0.350. The first kappa shape index (κ1) is 17.9. The molecule has 1 aromatic heterocycles. The van der Waals surface area contributed by atoms with Crippen LogP contribution < -0.4 is 5.32 Å². The van der Waals surface area contributed by atoms with E-state index in [1.165, 1.54) is 6.08 Å². The summed E-state index contributed by atoms with van der Waals surface area (Å²) in [4.78, 5) is 12.2. The molecule has 1 aromatic carbocycles. The number of benzene rings is 1. The molecule has 25 heavy (non-hydrogen) atoms. The van der Waals surface area contributed by atoms with Crippen LogP contribution in [0.1, 0.15) is 24.0 Å². The van der Waals surface area contributed by atoms with Gasteiger partial charge in [0.25, 0.3) is 0 Å². The van der Waals surface area contributed by atoms with E-state index < -0.39 is 5.60 Å². The Labute approximate surface area is 152 Å². The molecular weight excluding hydrogens is 334 g/mol. The molecule has 0 saturated carbocycles. The third-order valence-electron chi connectivity index (χ3n) is 4.67. The first-order valence-corrected chi connectivity index (χ1v) is 9.46. The number of carbonyl (C=O) groups is 1. The predicted octanol–water partition coefficient (Wildman–Crippen LogP) is 3.19. The zero-order valence-corrected chi connectivity index (χ0v) is 14.9. The molecule has 1 fully saturated rings. The molecule has 0 bridgehead atoms. The maximum absolute atomic E-state index is 12.2. The Kier molecular flexibility index (Phi) is 6.02. The number of hydrogen-bond acceptors (Lipinski definition) is 4. The van der Waals surface area contributed by atoms with Crippen molar-refractivity contribution in [2.45, 2.75) is 18.4 Å². The van der Waals surface area contributed by atoms with Gasteiger partial charge in [-0.15, -0.1) is 0 Å². The van der Waals surface area contributed by atoms with Crippen molar-refractivity contribution >= 4 is 23.3 Å². The number of ether oxygens (including phenoxy) is 1. The molecule has 2 heterocycles. The van der Waals surface area contributed by atoms with Crippen molar-refractivity contribution < 1.29 is 14.6 Å². The molecule has 1 atom stereocenters. The Bertz CT molecular complexity index is 693. The summed E-state index contributed by atoms with van der Waals surface area (Å²) in [5.41, 5.74) is 0.753. The van der Waals surface area contributed by atoms with Crippen molar-refractivity contribution in [3.63, 3.8) is 0 Å². The van der Waals surface area contributed by atoms with Crippen molar-refractivity contribution in [3.8, 4) is 0 Å². The number of nitrogens with one attached hydrogen (secondary N) is 1. The van der Waals surface area contributed by atoms with Gasteiger partial charge in [-0.05, 0) is 52.8 Å². The van der Waals surface area contributed by atoms with Crippen molar-refractivity contribution in [3.05, 3.63) is 64.4 Å². The Morgan fingerprint density at radius 2 is 2.04 bits per heavy atom. The summed E-state index contributed by atoms with van der Waals surface area (Å²) < 4.78 is 5.43. The van der Waals surface area contributed by atoms with Gasteiger partial charge in [-0.2, -0.15) is 11.3 Å². The minimum absolute atomic E-state index is 0.0600. The van der Waals surface area contributed by atoms with Crippen LogP contribution in [0.3, 0.4) is 0 Å². The number of hydrogen-bond donors (Lipinski definition) is 2. The molecule has 132 valence electrons. The normalized spacial score (nSPS) is 18.1. The highest BCUT2D eigenvalue weighted by Gasteiger charge is 2.39. The zero-order chi connectivity index (χ0) is 17.5. The molecule has 1 aliphatic rings. The highest BCUT2D eigenvalue weighted by molar-refractivity contribution is 7.08. The van der Waals surface area contributed by atoms with Crippen LogP contribution in [0.5, 0.6) is 0 Å². The van der Waals surface area contributed by atoms with Crippen LogP contribution in [0.25, 0.3) is 6.08 Å². The van der Waals surface area contributed by atoms with Gasteiger partial charge in [0, 0.05) is 19.3 Å². The largest absolute Gasteiger partial charge is 0.383 e. The Hall–Kier alpha value is -1.95. The molecular formula is C20H23NO3S. The predicted molar refractivity (Wildman–Crippen MR) is 100 cm³/mol. The zero-order valence-electron chi connectivity index (χ0n) is 14.1. The summed E-state index contributed by atoms with van der Waals surface area (Å²) in [6.07, 6.45) is 4.86. The lowest BCUT2D eigenvalue weighted by Gasteiger charge is -2.39. The summed E-state index contributed by atoms with van der Waals surface area (Å²) >= 11 is 1.59. The summed E-state index contributed by atoms with van der Waals surface area (Å²) in [6, 6.07) is 11.5. The van der Waals surface area contributed by atoms with Gasteiger partial charge in [-0.25, -0.2) is 0 Å². The summed E-state index contributed by atoms with van der Waals surface area (Å²) in [7, 11) is 0. The molecule has 2 aromatic rings. The second-order valence-corrected chi connectivity index (χ2v) is 7.06. The van der Waals surface area contributed by atoms with Crippen molar-refractivity contribution in [2.75, 3.05) is 19.8 Å². The van der Waals surface area contributed by atoms with Gasteiger partial charge < -0.3 is 15.2 Å². The molecule has 1 amide bonds. The van der Waals surface area contributed by atoms with Crippen molar-refractivity contribution in [2.24, 2.45) is 5.92 Å². The van der Waals surface area contributed by atoms with E-state index in [1.807, 2.05) is 47.2 Å². The second-order valence-electron chi connectivity index (χ2n) is 6.28. The van der Waals surface area contributed by atoms with Crippen LogP contribution in [-0.2, 0) is 15.1 Å². The van der Waals surface area contributed by atoms with Crippen LogP contribution in [0.4, 0.5) is 0 Å². The number of aliphatic hydroxyl groups is 1. The Morgan fingerprint density at radius 3 is 2.72 bits per heavy atom. The second kappa shape index (κ2) is 8.43. The van der Waals surface area contributed by atoms with E-state index in [0.29, 0.717) is 13.2 Å².